The molecular weight excluding hydrogens is 298 g/mol. The highest BCUT2D eigenvalue weighted by Crippen LogP contribution is 2.15. The Labute approximate surface area is 115 Å². The molecule has 0 saturated carbocycles. The second-order valence-corrected chi connectivity index (χ2v) is 4.83. The van der Waals surface area contributed by atoms with Crippen molar-refractivity contribution >= 4 is 21.9 Å². The van der Waals surface area contributed by atoms with Gasteiger partial charge in [0.05, 0.1) is 19.6 Å². The molecular formula is C13H18BrNO3. The largest absolute Gasteiger partial charge is 0.469 e. The molecule has 0 aliphatic heterocycles. The van der Waals surface area contributed by atoms with Crippen LogP contribution in [0.15, 0.2) is 28.7 Å². The molecule has 1 aromatic carbocycles. The first-order valence-electron chi connectivity index (χ1n) is 5.82. The third-order valence-corrected chi connectivity index (χ3v) is 3.31. The highest BCUT2D eigenvalue weighted by atomic mass is 79.9. The number of nitrogens with one attached hydrogen (secondary N) is 1. The number of halogens is 1. The molecule has 0 bridgehead atoms. The van der Waals surface area contributed by atoms with E-state index in [1.165, 1.54) is 12.7 Å². The Morgan fingerprint density at radius 1 is 1.50 bits per heavy atom. The van der Waals surface area contributed by atoms with Crippen LogP contribution >= 0.6 is 15.9 Å². The molecule has 0 aromatic heterocycles. The van der Waals surface area contributed by atoms with Crippen LogP contribution in [0.4, 0.5) is 0 Å². The van der Waals surface area contributed by atoms with Gasteiger partial charge in [-0.3, -0.25) is 4.79 Å². The van der Waals surface area contributed by atoms with E-state index in [2.05, 4.69) is 32.0 Å². The minimum absolute atomic E-state index is 0.0263. The maximum absolute atomic E-state index is 10.9. The zero-order chi connectivity index (χ0) is 13.4. The lowest BCUT2D eigenvalue weighted by Gasteiger charge is -2.11. The number of esters is 1. The van der Waals surface area contributed by atoms with E-state index in [0.717, 1.165) is 17.4 Å². The number of aliphatic hydroxyl groups is 1. The number of carbonyl (C=O) groups is 1. The van der Waals surface area contributed by atoms with Gasteiger partial charge in [0.15, 0.2) is 0 Å². The van der Waals surface area contributed by atoms with Crippen molar-refractivity contribution in [3.63, 3.8) is 0 Å². The Hall–Kier alpha value is -0.910. The number of methoxy groups -OCH3 is 1. The van der Waals surface area contributed by atoms with Crippen LogP contribution in [0.5, 0.6) is 0 Å². The second-order valence-electron chi connectivity index (χ2n) is 3.98. The molecule has 0 fully saturated rings. The number of hydrogen-bond acceptors (Lipinski definition) is 4. The highest BCUT2D eigenvalue weighted by molar-refractivity contribution is 9.10. The molecule has 1 atom stereocenters. The molecule has 0 amide bonds. The number of benzene rings is 1. The summed E-state index contributed by atoms with van der Waals surface area (Å²) in [7, 11) is 1.31. The van der Waals surface area contributed by atoms with Crippen LogP contribution in [0.2, 0.25) is 0 Å². The predicted molar refractivity (Wildman–Crippen MR) is 73.4 cm³/mol. The third kappa shape index (κ3) is 5.62. The van der Waals surface area contributed by atoms with Crippen LogP contribution in [0, 0.1) is 0 Å². The topological polar surface area (TPSA) is 58.6 Å². The summed E-state index contributed by atoms with van der Waals surface area (Å²) in [5.74, 6) is -0.393. The van der Waals surface area contributed by atoms with E-state index in [1.54, 1.807) is 0 Å². The van der Waals surface area contributed by atoms with E-state index in [4.69, 9.17) is 0 Å². The standard InChI is InChI=1S/C13H18BrNO3/c1-18-13(17)8-11(16)9-15-7-6-10-4-2-3-5-12(10)14/h2-5,11,15-16H,6-9H2,1H3. The number of aliphatic hydroxyl groups excluding tert-OH is 1. The number of carbonyl (C=O) groups excluding carboxylic acids is 1. The number of ether oxygens (including phenoxy) is 1. The van der Waals surface area contributed by atoms with Gasteiger partial charge < -0.3 is 15.2 Å². The maximum Gasteiger partial charge on any atom is 0.308 e. The summed E-state index contributed by atoms with van der Waals surface area (Å²) < 4.78 is 5.56. The monoisotopic (exact) mass is 315 g/mol. The molecule has 4 nitrogen and oxygen atoms in total. The lowest BCUT2D eigenvalue weighted by atomic mass is 10.1. The molecule has 0 spiro atoms. The van der Waals surface area contributed by atoms with Crippen molar-refractivity contribution in [2.45, 2.75) is 18.9 Å². The lowest BCUT2D eigenvalue weighted by molar-refractivity contribution is -0.142. The fourth-order valence-corrected chi connectivity index (χ4v) is 2.02. The van der Waals surface area contributed by atoms with Gasteiger partial charge in [0.1, 0.15) is 0 Å². The minimum Gasteiger partial charge on any atom is -0.469 e. The van der Waals surface area contributed by atoms with Gasteiger partial charge in [0.2, 0.25) is 0 Å². The van der Waals surface area contributed by atoms with E-state index in [1.807, 2.05) is 18.2 Å². The van der Waals surface area contributed by atoms with Crippen LogP contribution < -0.4 is 5.32 Å². The molecule has 0 heterocycles. The second kappa shape index (κ2) is 8.24. The fourth-order valence-electron chi connectivity index (χ4n) is 1.54. The average molecular weight is 316 g/mol. The predicted octanol–water partition coefficient (Wildman–Crippen LogP) is 1.51. The Morgan fingerprint density at radius 3 is 2.89 bits per heavy atom. The van der Waals surface area contributed by atoms with E-state index in [-0.39, 0.29) is 6.42 Å². The number of hydrogen-bond donors (Lipinski definition) is 2. The normalized spacial score (nSPS) is 12.2. The summed E-state index contributed by atoms with van der Waals surface area (Å²) in [6, 6.07) is 8.02. The summed E-state index contributed by atoms with van der Waals surface area (Å²) in [6.07, 6.45) is 0.196. The van der Waals surface area contributed by atoms with Crippen molar-refractivity contribution in [1.82, 2.24) is 5.32 Å². The number of rotatable bonds is 7. The fraction of sp³-hybridized carbons (Fsp3) is 0.462. The van der Waals surface area contributed by atoms with Gasteiger partial charge in [-0.1, -0.05) is 34.1 Å². The quantitative estimate of drug-likeness (QED) is 0.591. The molecule has 1 unspecified atom stereocenters. The first-order valence-corrected chi connectivity index (χ1v) is 6.61. The Morgan fingerprint density at radius 2 is 2.22 bits per heavy atom. The molecule has 0 aliphatic rings. The SMILES string of the molecule is COC(=O)CC(O)CNCCc1ccccc1Br. The minimum atomic E-state index is -0.698. The smallest absolute Gasteiger partial charge is 0.308 e. The molecule has 18 heavy (non-hydrogen) atoms. The molecule has 1 rings (SSSR count). The van der Waals surface area contributed by atoms with Crippen molar-refractivity contribution in [1.29, 1.82) is 0 Å². The summed E-state index contributed by atoms with van der Waals surface area (Å²) in [4.78, 5) is 10.9. The van der Waals surface area contributed by atoms with Crippen molar-refractivity contribution in [2.24, 2.45) is 0 Å². The van der Waals surface area contributed by atoms with Gasteiger partial charge in [-0.2, -0.15) is 0 Å². The zero-order valence-electron chi connectivity index (χ0n) is 10.4. The molecule has 0 aliphatic carbocycles. The van der Waals surface area contributed by atoms with E-state index in [0.29, 0.717) is 6.54 Å². The zero-order valence-corrected chi connectivity index (χ0v) is 11.9. The Balaban J connectivity index is 2.19. The van der Waals surface area contributed by atoms with Gasteiger partial charge in [-0.05, 0) is 24.6 Å². The van der Waals surface area contributed by atoms with Gasteiger partial charge in [-0.25, -0.2) is 0 Å². The summed E-state index contributed by atoms with van der Waals surface area (Å²) in [6.45, 7) is 1.14. The Bertz CT molecular complexity index is 384. The van der Waals surface area contributed by atoms with Crippen molar-refractivity contribution in [2.75, 3.05) is 20.2 Å². The van der Waals surface area contributed by atoms with E-state index < -0.39 is 12.1 Å². The molecule has 0 saturated heterocycles. The lowest BCUT2D eigenvalue weighted by Crippen LogP contribution is -2.30. The maximum atomic E-state index is 10.9. The van der Waals surface area contributed by atoms with Crippen LogP contribution in [0.25, 0.3) is 0 Å². The highest BCUT2D eigenvalue weighted by Gasteiger charge is 2.10. The molecule has 2 N–H and O–H groups in total. The third-order valence-electron chi connectivity index (χ3n) is 2.54. The summed E-state index contributed by atoms with van der Waals surface area (Å²) >= 11 is 3.48. The van der Waals surface area contributed by atoms with Crippen molar-refractivity contribution in [3.05, 3.63) is 34.3 Å². The van der Waals surface area contributed by atoms with Gasteiger partial charge in [-0.15, -0.1) is 0 Å². The van der Waals surface area contributed by atoms with Crippen molar-refractivity contribution < 1.29 is 14.6 Å². The van der Waals surface area contributed by atoms with Crippen molar-refractivity contribution in [3.8, 4) is 0 Å². The average Bonchev–Trinajstić information content (AvgIpc) is 2.36. The van der Waals surface area contributed by atoms with Crippen LogP contribution in [0.3, 0.4) is 0 Å². The summed E-state index contributed by atoms with van der Waals surface area (Å²) in [5, 5.41) is 12.6. The molecule has 5 heteroatoms. The van der Waals surface area contributed by atoms with Crippen LogP contribution in [-0.4, -0.2) is 37.4 Å². The van der Waals surface area contributed by atoms with Gasteiger partial charge in [0, 0.05) is 11.0 Å². The summed E-state index contributed by atoms with van der Waals surface area (Å²) in [5.41, 5.74) is 1.22. The first kappa shape index (κ1) is 15.1. The van der Waals surface area contributed by atoms with Gasteiger partial charge >= 0.3 is 5.97 Å². The van der Waals surface area contributed by atoms with E-state index in [9.17, 15) is 9.90 Å². The first-order chi connectivity index (χ1) is 8.63. The van der Waals surface area contributed by atoms with Crippen LogP contribution in [0.1, 0.15) is 12.0 Å². The van der Waals surface area contributed by atoms with E-state index >= 15 is 0 Å². The molecule has 1 aromatic rings. The van der Waals surface area contributed by atoms with Crippen LogP contribution in [-0.2, 0) is 16.0 Å². The Kier molecular flexibility index (Phi) is 6.93. The van der Waals surface area contributed by atoms with Gasteiger partial charge in [0.25, 0.3) is 0 Å². The molecule has 100 valence electrons. The molecule has 0 radical (unpaired) electrons.